The summed E-state index contributed by atoms with van der Waals surface area (Å²) in [5, 5.41) is 9.39. The Kier molecular flexibility index (Phi) is 3.42. The molecular weight excluding hydrogens is 247 g/mol. The van der Waals surface area contributed by atoms with Gasteiger partial charge in [-0.3, -0.25) is 0 Å². The molecule has 0 radical (unpaired) electrons. The summed E-state index contributed by atoms with van der Waals surface area (Å²) in [4.78, 5) is 11.5. The topological polar surface area (TPSA) is 50.4 Å². The molecule has 1 aromatic carbocycles. The van der Waals surface area contributed by atoms with Crippen LogP contribution in [0, 0.1) is 12.7 Å². The van der Waals surface area contributed by atoms with E-state index in [1.54, 1.807) is 19.1 Å². The Balaban J connectivity index is 2.68. The highest BCUT2D eigenvalue weighted by Crippen LogP contribution is 2.35. The van der Waals surface area contributed by atoms with Crippen LogP contribution in [0.15, 0.2) is 28.7 Å². The van der Waals surface area contributed by atoms with Gasteiger partial charge in [0.1, 0.15) is 22.9 Å². The molecule has 0 fully saturated rings. The van der Waals surface area contributed by atoms with Gasteiger partial charge in [-0.1, -0.05) is 26.0 Å². The van der Waals surface area contributed by atoms with E-state index in [2.05, 4.69) is 0 Å². The van der Waals surface area contributed by atoms with Gasteiger partial charge in [0.2, 0.25) is 0 Å². The number of aromatic carboxylic acids is 1. The monoisotopic (exact) mass is 262 g/mol. The molecule has 19 heavy (non-hydrogen) atoms. The fourth-order valence-electron chi connectivity index (χ4n) is 2.15. The third-order valence-corrected chi connectivity index (χ3v) is 2.98. The van der Waals surface area contributed by atoms with Crippen LogP contribution in [0.4, 0.5) is 4.39 Å². The Hall–Kier alpha value is -2.10. The summed E-state index contributed by atoms with van der Waals surface area (Å²) >= 11 is 0. The first-order chi connectivity index (χ1) is 8.91. The molecular formula is C15H15FO3. The van der Waals surface area contributed by atoms with Crippen LogP contribution in [0.5, 0.6) is 0 Å². The molecule has 0 aliphatic rings. The van der Waals surface area contributed by atoms with Gasteiger partial charge in [-0.05, 0) is 24.6 Å². The van der Waals surface area contributed by atoms with E-state index in [0.717, 1.165) is 0 Å². The minimum Gasteiger partial charge on any atom is -0.478 e. The maximum atomic E-state index is 13.0. The van der Waals surface area contributed by atoms with Crippen LogP contribution >= 0.6 is 0 Å². The number of halogens is 1. The maximum absolute atomic E-state index is 13.0. The number of carbonyl (C=O) groups is 1. The lowest BCUT2D eigenvalue weighted by atomic mass is 9.97. The molecule has 2 rings (SSSR count). The van der Waals surface area contributed by atoms with E-state index in [0.29, 0.717) is 22.6 Å². The number of carboxylic acid groups (broad SMARTS) is 1. The maximum Gasteiger partial charge on any atom is 0.339 e. The second-order valence-electron chi connectivity index (χ2n) is 4.74. The summed E-state index contributed by atoms with van der Waals surface area (Å²) in [5.41, 5.74) is 1.34. The first-order valence-corrected chi connectivity index (χ1v) is 6.04. The third kappa shape index (κ3) is 2.38. The van der Waals surface area contributed by atoms with Gasteiger partial charge in [0.25, 0.3) is 0 Å². The number of furan rings is 1. The average Bonchev–Trinajstić information content (AvgIpc) is 2.68. The van der Waals surface area contributed by atoms with Crippen LogP contribution in [0.1, 0.15) is 41.6 Å². The minimum absolute atomic E-state index is 0.0287. The van der Waals surface area contributed by atoms with Crippen LogP contribution in [-0.4, -0.2) is 11.1 Å². The van der Waals surface area contributed by atoms with Gasteiger partial charge >= 0.3 is 5.97 Å². The Morgan fingerprint density at radius 2 is 1.84 bits per heavy atom. The van der Waals surface area contributed by atoms with Gasteiger partial charge in [-0.2, -0.15) is 0 Å². The average molecular weight is 262 g/mol. The summed E-state index contributed by atoms with van der Waals surface area (Å²) in [5.74, 6) is -0.429. The van der Waals surface area contributed by atoms with Crippen LogP contribution < -0.4 is 0 Å². The molecule has 2 aromatic rings. The fraction of sp³-hybridized carbons (Fsp3) is 0.267. The third-order valence-electron chi connectivity index (χ3n) is 2.98. The first kappa shape index (κ1) is 13.3. The van der Waals surface area contributed by atoms with Crippen LogP contribution in [0.25, 0.3) is 11.1 Å². The second-order valence-corrected chi connectivity index (χ2v) is 4.74. The summed E-state index contributed by atoms with van der Waals surface area (Å²) in [6.45, 7) is 5.47. The van der Waals surface area contributed by atoms with E-state index < -0.39 is 5.97 Å². The molecule has 0 aliphatic carbocycles. The zero-order valence-corrected chi connectivity index (χ0v) is 11.0. The quantitative estimate of drug-likeness (QED) is 0.901. The number of hydrogen-bond donors (Lipinski definition) is 1. The molecule has 0 atom stereocenters. The minimum atomic E-state index is -1.03. The summed E-state index contributed by atoms with van der Waals surface area (Å²) < 4.78 is 18.5. The van der Waals surface area contributed by atoms with Gasteiger partial charge in [0.15, 0.2) is 0 Å². The normalized spacial score (nSPS) is 11.0. The zero-order valence-electron chi connectivity index (χ0n) is 11.0. The molecule has 0 saturated carbocycles. The van der Waals surface area contributed by atoms with Crippen molar-refractivity contribution in [3.63, 3.8) is 0 Å². The molecule has 0 saturated heterocycles. The fourth-order valence-corrected chi connectivity index (χ4v) is 2.15. The number of rotatable bonds is 3. The Bertz CT molecular complexity index is 609. The van der Waals surface area contributed by atoms with Gasteiger partial charge in [-0.15, -0.1) is 0 Å². The van der Waals surface area contributed by atoms with Gasteiger partial charge in [0.05, 0.1) is 0 Å². The molecule has 0 bridgehead atoms. The molecule has 0 unspecified atom stereocenters. The van der Waals surface area contributed by atoms with E-state index in [-0.39, 0.29) is 17.3 Å². The highest BCUT2D eigenvalue weighted by atomic mass is 19.1. The molecule has 0 amide bonds. The van der Waals surface area contributed by atoms with E-state index >= 15 is 0 Å². The number of hydrogen-bond acceptors (Lipinski definition) is 2. The molecule has 1 aromatic heterocycles. The van der Waals surface area contributed by atoms with Crippen molar-refractivity contribution in [1.29, 1.82) is 0 Å². The van der Waals surface area contributed by atoms with Crippen molar-refractivity contribution in [1.82, 2.24) is 0 Å². The smallest absolute Gasteiger partial charge is 0.339 e. The zero-order chi connectivity index (χ0) is 14.2. The highest BCUT2D eigenvalue weighted by Gasteiger charge is 2.25. The molecule has 4 heteroatoms. The lowest BCUT2D eigenvalue weighted by Gasteiger charge is -2.04. The van der Waals surface area contributed by atoms with Crippen molar-refractivity contribution in [2.75, 3.05) is 0 Å². The van der Waals surface area contributed by atoms with Crippen LogP contribution in [0.2, 0.25) is 0 Å². The SMILES string of the molecule is Cc1oc(C(C)C)c(C(=O)O)c1-c1ccc(F)cc1. The summed E-state index contributed by atoms with van der Waals surface area (Å²) in [6.07, 6.45) is 0. The molecule has 100 valence electrons. The molecule has 0 aliphatic heterocycles. The number of carboxylic acids is 1. The summed E-state index contributed by atoms with van der Waals surface area (Å²) in [6, 6.07) is 5.73. The molecule has 1 N–H and O–H groups in total. The van der Waals surface area contributed by atoms with Crippen molar-refractivity contribution in [2.45, 2.75) is 26.7 Å². The van der Waals surface area contributed by atoms with Gasteiger partial charge in [0, 0.05) is 11.5 Å². The standard InChI is InChI=1S/C15H15FO3/c1-8(2)14-13(15(17)18)12(9(3)19-14)10-4-6-11(16)7-5-10/h4-8H,1-3H3,(H,17,18). The molecule has 0 spiro atoms. The number of aryl methyl sites for hydroxylation is 1. The van der Waals surface area contributed by atoms with Gasteiger partial charge in [-0.25, -0.2) is 9.18 Å². The predicted octanol–water partition coefficient (Wildman–Crippen LogP) is 4.22. The number of benzene rings is 1. The van der Waals surface area contributed by atoms with Crippen molar-refractivity contribution >= 4 is 5.97 Å². The highest BCUT2D eigenvalue weighted by molar-refractivity contribution is 5.98. The van der Waals surface area contributed by atoms with E-state index in [9.17, 15) is 14.3 Å². The van der Waals surface area contributed by atoms with Crippen molar-refractivity contribution in [3.8, 4) is 11.1 Å². The Morgan fingerprint density at radius 3 is 2.32 bits per heavy atom. The van der Waals surface area contributed by atoms with Crippen LogP contribution in [0.3, 0.4) is 0 Å². The van der Waals surface area contributed by atoms with Crippen molar-refractivity contribution < 1.29 is 18.7 Å². The lowest BCUT2D eigenvalue weighted by molar-refractivity contribution is 0.0694. The van der Waals surface area contributed by atoms with Gasteiger partial charge < -0.3 is 9.52 Å². The van der Waals surface area contributed by atoms with Crippen molar-refractivity contribution in [2.24, 2.45) is 0 Å². The second kappa shape index (κ2) is 4.88. The lowest BCUT2D eigenvalue weighted by Crippen LogP contribution is -2.02. The largest absolute Gasteiger partial charge is 0.478 e. The first-order valence-electron chi connectivity index (χ1n) is 6.04. The summed E-state index contributed by atoms with van der Waals surface area (Å²) in [7, 11) is 0. The molecule has 3 nitrogen and oxygen atoms in total. The van der Waals surface area contributed by atoms with E-state index in [1.165, 1.54) is 12.1 Å². The predicted molar refractivity (Wildman–Crippen MR) is 69.9 cm³/mol. The van der Waals surface area contributed by atoms with Crippen molar-refractivity contribution in [3.05, 3.63) is 47.2 Å². The Morgan fingerprint density at radius 1 is 1.26 bits per heavy atom. The molecule has 1 heterocycles. The van der Waals surface area contributed by atoms with E-state index in [4.69, 9.17) is 4.42 Å². The van der Waals surface area contributed by atoms with Crippen LogP contribution in [-0.2, 0) is 0 Å². The Labute approximate surface area is 110 Å². The van der Waals surface area contributed by atoms with E-state index in [1.807, 2.05) is 13.8 Å².